The van der Waals surface area contributed by atoms with E-state index in [1.165, 1.54) is 5.56 Å². The molecule has 0 saturated carbocycles. The number of nitrogens with zero attached hydrogens (tertiary/aromatic N) is 1. The van der Waals surface area contributed by atoms with Crippen LogP contribution in [0.3, 0.4) is 0 Å². The summed E-state index contributed by atoms with van der Waals surface area (Å²) in [5, 5.41) is 0. The Labute approximate surface area is 168 Å². The van der Waals surface area contributed by atoms with Crippen LogP contribution in [0.5, 0.6) is 5.75 Å². The van der Waals surface area contributed by atoms with Gasteiger partial charge in [0.2, 0.25) is 0 Å². The molecule has 6 nitrogen and oxygen atoms in total. The van der Waals surface area contributed by atoms with Gasteiger partial charge in [0, 0.05) is 18.6 Å². The minimum absolute atomic E-state index is 0.286. The number of ether oxygens (including phenoxy) is 2. The molecule has 0 atom stereocenters. The van der Waals surface area contributed by atoms with E-state index in [-0.39, 0.29) is 6.09 Å². The van der Waals surface area contributed by atoms with Gasteiger partial charge < -0.3 is 23.7 Å². The summed E-state index contributed by atoms with van der Waals surface area (Å²) in [4.78, 5) is 14.2. The molecule has 1 saturated heterocycles. The molecule has 0 spiro atoms. The van der Waals surface area contributed by atoms with Gasteiger partial charge in [-0.3, -0.25) is 0 Å². The summed E-state index contributed by atoms with van der Waals surface area (Å²) in [5.74, 6) is 0.753. The van der Waals surface area contributed by atoms with Crippen molar-refractivity contribution < 1.29 is 23.6 Å². The number of carbonyl (C=O) groups excluding carboxylic acids is 1. The molecule has 0 aromatic heterocycles. The summed E-state index contributed by atoms with van der Waals surface area (Å²) in [6, 6.07) is 4.09. The Bertz CT molecular complexity index is 753. The van der Waals surface area contributed by atoms with E-state index in [2.05, 4.69) is 0 Å². The zero-order valence-corrected chi connectivity index (χ0v) is 18.3. The van der Waals surface area contributed by atoms with Crippen LogP contribution in [0.15, 0.2) is 12.1 Å². The maximum Gasteiger partial charge on any atom is 0.498 e. The number of hydrogen-bond acceptors (Lipinski definition) is 5. The molecule has 3 rings (SSSR count). The number of carbonyl (C=O) groups is 1. The Morgan fingerprint density at radius 1 is 1.11 bits per heavy atom. The Balaban J connectivity index is 1.88. The highest BCUT2D eigenvalue weighted by Gasteiger charge is 2.52. The molecule has 2 aliphatic rings. The van der Waals surface area contributed by atoms with Crippen LogP contribution in [0, 0.1) is 0 Å². The van der Waals surface area contributed by atoms with Crippen molar-refractivity contribution >= 4 is 18.7 Å². The summed E-state index contributed by atoms with van der Waals surface area (Å²) < 4.78 is 23.6. The number of rotatable bonds is 2. The first-order chi connectivity index (χ1) is 12.8. The Kier molecular flexibility index (Phi) is 5.22. The van der Waals surface area contributed by atoms with Gasteiger partial charge in [0.05, 0.1) is 18.3 Å². The molecule has 1 aromatic rings. The third-order valence-corrected chi connectivity index (χ3v) is 5.72. The van der Waals surface area contributed by atoms with Crippen molar-refractivity contribution in [2.45, 2.75) is 78.2 Å². The van der Waals surface area contributed by atoms with Crippen molar-refractivity contribution in [3.63, 3.8) is 0 Å². The molecule has 1 fully saturated rings. The second kappa shape index (κ2) is 6.96. The van der Waals surface area contributed by atoms with E-state index in [1.54, 1.807) is 12.0 Å². The molecule has 1 amide bonds. The molecule has 0 radical (unpaired) electrons. The van der Waals surface area contributed by atoms with Gasteiger partial charge in [-0.1, -0.05) is 6.07 Å². The number of fused-ring (bicyclic) bond motifs is 1. The lowest BCUT2D eigenvalue weighted by atomic mass is 9.76. The summed E-state index contributed by atoms with van der Waals surface area (Å²) in [6.45, 7) is 14.9. The van der Waals surface area contributed by atoms with E-state index in [9.17, 15) is 4.79 Å². The van der Waals surface area contributed by atoms with Crippen molar-refractivity contribution in [1.82, 2.24) is 4.90 Å². The van der Waals surface area contributed by atoms with E-state index in [0.29, 0.717) is 13.1 Å². The minimum atomic E-state index is -0.512. The third-order valence-electron chi connectivity index (χ3n) is 5.72. The lowest BCUT2D eigenvalue weighted by Crippen LogP contribution is -2.41. The van der Waals surface area contributed by atoms with Crippen LogP contribution in [0.1, 0.15) is 59.6 Å². The smallest absolute Gasteiger partial charge is 0.497 e. The molecule has 0 unspecified atom stereocenters. The average molecular weight is 389 g/mol. The SMILES string of the molecule is COc1cc2c(cc1B1OC(C)(C)C(C)(C)O1)CN(C(=O)OC(C)(C)C)CC2. The molecule has 28 heavy (non-hydrogen) atoms. The molecule has 0 bridgehead atoms. The van der Waals surface area contributed by atoms with E-state index < -0.39 is 23.9 Å². The summed E-state index contributed by atoms with van der Waals surface area (Å²) >= 11 is 0. The maximum absolute atomic E-state index is 12.5. The van der Waals surface area contributed by atoms with Crippen LogP contribution in [0.25, 0.3) is 0 Å². The predicted octanol–water partition coefficient (Wildman–Crippen LogP) is 3.29. The van der Waals surface area contributed by atoms with Gasteiger partial charge in [0.1, 0.15) is 11.4 Å². The van der Waals surface area contributed by atoms with Gasteiger partial charge in [-0.25, -0.2) is 4.79 Å². The highest BCUT2D eigenvalue weighted by Crippen LogP contribution is 2.37. The molecule has 2 aliphatic heterocycles. The maximum atomic E-state index is 12.5. The molecular formula is C21H32BNO5. The number of amides is 1. The fourth-order valence-electron chi connectivity index (χ4n) is 3.42. The Morgan fingerprint density at radius 3 is 2.25 bits per heavy atom. The van der Waals surface area contributed by atoms with Crippen molar-refractivity contribution in [1.29, 1.82) is 0 Å². The second-order valence-corrected chi connectivity index (χ2v) is 9.60. The van der Waals surface area contributed by atoms with Gasteiger partial charge in [-0.2, -0.15) is 0 Å². The van der Waals surface area contributed by atoms with Crippen LogP contribution in [-0.4, -0.2) is 48.6 Å². The van der Waals surface area contributed by atoms with Gasteiger partial charge >= 0.3 is 13.2 Å². The first-order valence-corrected chi connectivity index (χ1v) is 9.86. The van der Waals surface area contributed by atoms with E-state index >= 15 is 0 Å². The van der Waals surface area contributed by atoms with Gasteiger partial charge in [-0.05, 0) is 72.1 Å². The Hall–Kier alpha value is -1.73. The lowest BCUT2D eigenvalue weighted by molar-refractivity contribution is 0.00578. The zero-order chi connectivity index (χ0) is 20.9. The summed E-state index contributed by atoms with van der Waals surface area (Å²) in [7, 11) is 1.15. The molecule has 0 aliphatic carbocycles. The van der Waals surface area contributed by atoms with Gasteiger partial charge in [0.15, 0.2) is 0 Å². The highest BCUT2D eigenvalue weighted by atomic mass is 16.7. The zero-order valence-electron chi connectivity index (χ0n) is 18.3. The quantitative estimate of drug-likeness (QED) is 0.727. The number of benzene rings is 1. The largest absolute Gasteiger partial charge is 0.498 e. The summed E-state index contributed by atoms with van der Waals surface area (Å²) in [6.07, 6.45) is 0.473. The number of methoxy groups -OCH3 is 1. The number of hydrogen-bond donors (Lipinski definition) is 0. The molecule has 7 heteroatoms. The van der Waals surface area contributed by atoms with Crippen LogP contribution in [-0.2, 0) is 27.0 Å². The van der Waals surface area contributed by atoms with Crippen molar-refractivity contribution in [3.05, 3.63) is 23.3 Å². The Morgan fingerprint density at radius 2 is 1.71 bits per heavy atom. The highest BCUT2D eigenvalue weighted by molar-refractivity contribution is 6.63. The van der Waals surface area contributed by atoms with Crippen LogP contribution in [0.2, 0.25) is 0 Å². The van der Waals surface area contributed by atoms with Crippen molar-refractivity contribution in [2.24, 2.45) is 0 Å². The standard InChI is InChI=1S/C21H32BNO5/c1-19(2,3)26-18(24)23-10-9-14-12-17(25-8)16(11-15(14)13-23)22-27-20(4,5)21(6,7)28-22/h11-12H,9-10,13H2,1-8H3. The van der Waals surface area contributed by atoms with E-state index in [0.717, 1.165) is 23.2 Å². The first kappa shape index (κ1) is 21.0. The predicted molar refractivity (Wildman–Crippen MR) is 109 cm³/mol. The minimum Gasteiger partial charge on any atom is -0.497 e. The molecule has 154 valence electrons. The van der Waals surface area contributed by atoms with E-state index in [4.69, 9.17) is 18.8 Å². The monoisotopic (exact) mass is 389 g/mol. The summed E-state index contributed by atoms with van der Waals surface area (Å²) in [5.41, 5.74) is 1.73. The first-order valence-electron chi connectivity index (χ1n) is 9.86. The normalized spacial score (nSPS) is 20.7. The van der Waals surface area contributed by atoms with Crippen LogP contribution >= 0.6 is 0 Å². The topological polar surface area (TPSA) is 57.2 Å². The van der Waals surface area contributed by atoms with Gasteiger partial charge in [0.25, 0.3) is 0 Å². The van der Waals surface area contributed by atoms with E-state index in [1.807, 2.05) is 60.6 Å². The lowest BCUT2D eigenvalue weighted by Gasteiger charge is -2.32. The molecular weight excluding hydrogens is 357 g/mol. The molecule has 1 aromatic carbocycles. The molecule has 0 N–H and O–H groups in total. The fourth-order valence-corrected chi connectivity index (χ4v) is 3.42. The van der Waals surface area contributed by atoms with Crippen LogP contribution < -0.4 is 10.2 Å². The third kappa shape index (κ3) is 4.01. The van der Waals surface area contributed by atoms with Gasteiger partial charge in [-0.15, -0.1) is 0 Å². The second-order valence-electron chi connectivity index (χ2n) is 9.60. The average Bonchev–Trinajstić information content (AvgIpc) is 2.79. The van der Waals surface area contributed by atoms with Crippen molar-refractivity contribution in [3.8, 4) is 5.75 Å². The fraction of sp³-hybridized carbons (Fsp3) is 0.667. The molecule has 2 heterocycles. The van der Waals surface area contributed by atoms with Crippen molar-refractivity contribution in [2.75, 3.05) is 13.7 Å². The van der Waals surface area contributed by atoms with Crippen LogP contribution in [0.4, 0.5) is 4.79 Å².